The van der Waals surface area contributed by atoms with Crippen molar-refractivity contribution in [2.24, 2.45) is 5.92 Å². The van der Waals surface area contributed by atoms with Crippen LogP contribution in [0.2, 0.25) is 0 Å². The maximum atomic E-state index is 6.00. The van der Waals surface area contributed by atoms with Gasteiger partial charge in [0.1, 0.15) is 0 Å². The minimum absolute atomic E-state index is 0.503. The lowest BCUT2D eigenvalue weighted by atomic mass is 9.88. The lowest BCUT2D eigenvalue weighted by Crippen LogP contribution is -2.37. The Morgan fingerprint density at radius 3 is 2.59 bits per heavy atom. The summed E-state index contributed by atoms with van der Waals surface area (Å²) in [6.45, 7) is 5.56. The highest BCUT2D eigenvalue weighted by atomic mass is 16.5. The number of rotatable bonds is 4. The summed E-state index contributed by atoms with van der Waals surface area (Å²) in [5.74, 6) is 0.854. The van der Waals surface area contributed by atoms with Crippen LogP contribution in [0.1, 0.15) is 65.2 Å². The van der Waals surface area contributed by atoms with Gasteiger partial charge in [-0.3, -0.25) is 0 Å². The van der Waals surface area contributed by atoms with Gasteiger partial charge in [0, 0.05) is 6.04 Å². The lowest BCUT2D eigenvalue weighted by molar-refractivity contribution is 0.0359. The third-order valence-corrected chi connectivity index (χ3v) is 4.51. The Morgan fingerprint density at radius 2 is 1.88 bits per heavy atom. The third kappa shape index (κ3) is 3.96. The summed E-state index contributed by atoms with van der Waals surface area (Å²) in [6, 6.07) is 0.752. The molecule has 1 N–H and O–H groups in total. The minimum atomic E-state index is 0.503. The first kappa shape index (κ1) is 13.4. The highest BCUT2D eigenvalue weighted by Crippen LogP contribution is 2.31. The van der Waals surface area contributed by atoms with E-state index >= 15 is 0 Å². The van der Waals surface area contributed by atoms with Crippen molar-refractivity contribution in [2.45, 2.75) is 83.5 Å². The molecule has 4 atom stereocenters. The van der Waals surface area contributed by atoms with Gasteiger partial charge in [-0.15, -0.1) is 0 Å². The normalized spacial score (nSPS) is 39.2. The van der Waals surface area contributed by atoms with Crippen LogP contribution in [-0.4, -0.2) is 24.8 Å². The lowest BCUT2D eigenvalue weighted by Gasteiger charge is -2.28. The van der Waals surface area contributed by atoms with Crippen LogP contribution < -0.4 is 5.32 Å². The van der Waals surface area contributed by atoms with E-state index in [0.717, 1.165) is 18.5 Å². The second-order valence-electron chi connectivity index (χ2n) is 5.94. The van der Waals surface area contributed by atoms with Crippen LogP contribution in [-0.2, 0) is 4.74 Å². The predicted octanol–water partition coefficient (Wildman–Crippen LogP) is 3.50. The van der Waals surface area contributed by atoms with E-state index in [4.69, 9.17) is 4.74 Å². The summed E-state index contributed by atoms with van der Waals surface area (Å²) in [5.41, 5.74) is 0. The monoisotopic (exact) mass is 239 g/mol. The van der Waals surface area contributed by atoms with Crippen LogP contribution in [0.25, 0.3) is 0 Å². The van der Waals surface area contributed by atoms with Gasteiger partial charge >= 0.3 is 0 Å². The molecule has 0 amide bonds. The van der Waals surface area contributed by atoms with Gasteiger partial charge in [-0.1, -0.05) is 26.2 Å². The smallest absolute Gasteiger partial charge is 0.0583 e. The van der Waals surface area contributed by atoms with Gasteiger partial charge in [0.25, 0.3) is 0 Å². The molecule has 1 saturated carbocycles. The van der Waals surface area contributed by atoms with Crippen LogP contribution in [0, 0.1) is 5.92 Å². The van der Waals surface area contributed by atoms with Gasteiger partial charge in [-0.25, -0.2) is 0 Å². The molecule has 1 aliphatic heterocycles. The van der Waals surface area contributed by atoms with E-state index in [0.29, 0.717) is 12.2 Å². The Bertz CT molecular complexity index is 219. The zero-order valence-corrected chi connectivity index (χ0v) is 11.6. The van der Waals surface area contributed by atoms with E-state index in [2.05, 4.69) is 19.2 Å². The highest BCUT2D eigenvalue weighted by Gasteiger charge is 2.29. The third-order valence-electron chi connectivity index (χ3n) is 4.51. The molecule has 17 heavy (non-hydrogen) atoms. The summed E-state index contributed by atoms with van der Waals surface area (Å²) in [7, 11) is 0. The van der Waals surface area contributed by atoms with Gasteiger partial charge in [-0.05, 0) is 51.5 Å². The van der Waals surface area contributed by atoms with Crippen LogP contribution in [0.5, 0.6) is 0 Å². The van der Waals surface area contributed by atoms with Crippen LogP contribution in [0.3, 0.4) is 0 Å². The van der Waals surface area contributed by atoms with Gasteiger partial charge in [0.05, 0.1) is 12.2 Å². The van der Waals surface area contributed by atoms with Crippen molar-refractivity contribution in [3.05, 3.63) is 0 Å². The molecule has 100 valence electrons. The summed E-state index contributed by atoms with van der Waals surface area (Å²) in [6.07, 6.45) is 12.0. The topological polar surface area (TPSA) is 21.3 Å². The van der Waals surface area contributed by atoms with Crippen molar-refractivity contribution < 1.29 is 4.74 Å². The Morgan fingerprint density at radius 1 is 1.06 bits per heavy atom. The largest absolute Gasteiger partial charge is 0.375 e. The highest BCUT2D eigenvalue weighted by molar-refractivity contribution is 4.83. The average molecular weight is 239 g/mol. The summed E-state index contributed by atoms with van der Waals surface area (Å²) in [4.78, 5) is 0. The van der Waals surface area contributed by atoms with Crippen molar-refractivity contribution in [2.75, 3.05) is 6.54 Å². The number of hydrogen-bond acceptors (Lipinski definition) is 2. The molecule has 0 radical (unpaired) electrons. The molecular weight excluding hydrogens is 210 g/mol. The molecule has 2 rings (SSSR count). The quantitative estimate of drug-likeness (QED) is 0.758. The molecule has 1 aliphatic carbocycles. The number of nitrogens with one attached hydrogen (secondary N) is 1. The molecule has 2 aliphatic rings. The Kier molecular flexibility index (Phi) is 5.30. The maximum Gasteiger partial charge on any atom is 0.0583 e. The Balaban J connectivity index is 1.85. The van der Waals surface area contributed by atoms with Crippen LogP contribution >= 0.6 is 0 Å². The maximum absolute atomic E-state index is 6.00. The second-order valence-corrected chi connectivity index (χ2v) is 5.94. The predicted molar refractivity (Wildman–Crippen MR) is 72.2 cm³/mol. The van der Waals surface area contributed by atoms with E-state index in [1.807, 2.05) is 0 Å². The zero-order valence-electron chi connectivity index (χ0n) is 11.6. The molecule has 2 heteroatoms. The van der Waals surface area contributed by atoms with E-state index in [9.17, 15) is 0 Å². The summed E-state index contributed by atoms with van der Waals surface area (Å²) < 4.78 is 6.00. The Hall–Kier alpha value is -0.0800. The summed E-state index contributed by atoms with van der Waals surface area (Å²) in [5, 5.41) is 3.70. The number of ether oxygens (including phenoxy) is 1. The minimum Gasteiger partial charge on any atom is -0.375 e. The van der Waals surface area contributed by atoms with Gasteiger partial charge in [-0.2, -0.15) is 0 Å². The molecule has 0 aromatic heterocycles. The summed E-state index contributed by atoms with van der Waals surface area (Å²) >= 11 is 0. The molecular formula is C15H29NO. The van der Waals surface area contributed by atoms with E-state index < -0.39 is 0 Å². The molecule has 0 bridgehead atoms. The van der Waals surface area contributed by atoms with Crippen molar-refractivity contribution in [1.29, 1.82) is 0 Å². The molecule has 1 heterocycles. The molecule has 0 spiro atoms. The fraction of sp³-hybridized carbons (Fsp3) is 1.00. The van der Waals surface area contributed by atoms with Crippen LogP contribution in [0.15, 0.2) is 0 Å². The molecule has 1 saturated heterocycles. The molecule has 0 aromatic carbocycles. The van der Waals surface area contributed by atoms with Crippen molar-refractivity contribution in [1.82, 2.24) is 5.32 Å². The van der Waals surface area contributed by atoms with E-state index in [-0.39, 0.29) is 0 Å². The van der Waals surface area contributed by atoms with Crippen molar-refractivity contribution in [3.8, 4) is 0 Å². The van der Waals surface area contributed by atoms with Gasteiger partial charge in [0.15, 0.2) is 0 Å². The first-order valence-electron chi connectivity index (χ1n) is 7.68. The SMILES string of the molecule is CCNC1CCCCCC1CC1CCC(C)O1. The van der Waals surface area contributed by atoms with Crippen LogP contribution in [0.4, 0.5) is 0 Å². The van der Waals surface area contributed by atoms with E-state index in [1.54, 1.807) is 0 Å². The fourth-order valence-electron chi connectivity index (χ4n) is 3.59. The number of hydrogen-bond donors (Lipinski definition) is 1. The Labute approximate surface area is 107 Å². The molecule has 2 nitrogen and oxygen atoms in total. The fourth-order valence-corrected chi connectivity index (χ4v) is 3.59. The molecule has 0 aromatic rings. The zero-order chi connectivity index (χ0) is 12.1. The first-order chi connectivity index (χ1) is 8.29. The molecule has 2 fully saturated rings. The van der Waals surface area contributed by atoms with Crippen molar-refractivity contribution >= 4 is 0 Å². The standard InChI is InChI=1S/C15H29NO/c1-3-16-15-8-6-4-5-7-13(15)11-14-10-9-12(2)17-14/h12-16H,3-11H2,1-2H3. The molecule has 4 unspecified atom stereocenters. The second kappa shape index (κ2) is 6.75. The van der Waals surface area contributed by atoms with E-state index in [1.165, 1.54) is 51.4 Å². The average Bonchev–Trinajstić information content (AvgIpc) is 2.58. The van der Waals surface area contributed by atoms with Crippen molar-refractivity contribution in [3.63, 3.8) is 0 Å². The first-order valence-corrected chi connectivity index (χ1v) is 7.68. The van der Waals surface area contributed by atoms with Gasteiger partial charge < -0.3 is 10.1 Å². The van der Waals surface area contributed by atoms with Gasteiger partial charge in [0.2, 0.25) is 0 Å².